The van der Waals surface area contributed by atoms with Crippen molar-refractivity contribution in [3.05, 3.63) is 29.3 Å². The minimum Gasteiger partial charge on any atom is -0.496 e. The lowest BCUT2D eigenvalue weighted by atomic mass is 9.92. The summed E-state index contributed by atoms with van der Waals surface area (Å²) in [6.07, 6.45) is 0.745. The number of methoxy groups -OCH3 is 1. The van der Waals surface area contributed by atoms with Crippen LogP contribution in [-0.4, -0.2) is 35.5 Å². The van der Waals surface area contributed by atoms with E-state index in [2.05, 4.69) is 0 Å². The highest BCUT2D eigenvalue weighted by Gasteiger charge is 2.39. The molecule has 0 spiro atoms. The molecule has 0 bridgehead atoms. The van der Waals surface area contributed by atoms with Crippen LogP contribution in [0.5, 0.6) is 5.75 Å². The molecule has 1 amide bonds. The number of amides is 1. The number of benzene rings is 1. The average Bonchev–Trinajstić information content (AvgIpc) is 2.76. The number of carbonyl (C=O) groups excluding carboxylic acids is 3. The number of nitrogens with zero attached hydrogens (tertiary/aromatic N) is 1. The van der Waals surface area contributed by atoms with E-state index in [-0.39, 0.29) is 23.9 Å². The average molecular weight is 273 g/mol. The quantitative estimate of drug-likeness (QED) is 0.763. The largest absolute Gasteiger partial charge is 0.496 e. The van der Waals surface area contributed by atoms with Crippen molar-refractivity contribution >= 4 is 17.5 Å². The third kappa shape index (κ3) is 1.90. The second-order valence-electron chi connectivity index (χ2n) is 5.16. The van der Waals surface area contributed by atoms with E-state index in [0.29, 0.717) is 30.7 Å². The lowest BCUT2D eigenvalue weighted by molar-refractivity contribution is -0.133. The number of fused-ring (bicyclic) bond motifs is 1. The molecule has 0 saturated heterocycles. The highest BCUT2D eigenvalue weighted by Crippen LogP contribution is 2.33. The number of rotatable bonds is 2. The first kappa shape index (κ1) is 12.8. The monoisotopic (exact) mass is 273 g/mol. The fraction of sp³-hybridized carbons (Fsp3) is 0.400. The van der Waals surface area contributed by atoms with Gasteiger partial charge in [-0.05, 0) is 18.6 Å². The van der Waals surface area contributed by atoms with Crippen molar-refractivity contribution in [3.63, 3.8) is 0 Å². The third-order valence-electron chi connectivity index (χ3n) is 3.99. The van der Waals surface area contributed by atoms with Gasteiger partial charge >= 0.3 is 0 Å². The molecule has 5 heteroatoms. The molecule has 2 aliphatic rings. The van der Waals surface area contributed by atoms with Gasteiger partial charge in [0, 0.05) is 17.5 Å². The summed E-state index contributed by atoms with van der Waals surface area (Å²) in [6, 6.07) is 4.85. The van der Waals surface area contributed by atoms with Crippen LogP contribution < -0.4 is 4.74 Å². The van der Waals surface area contributed by atoms with Crippen LogP contribution in [0.1, 0.15) is 35.2 Å². The van der Waals surface area contributed by atoms with Gasteiger partial charge in [-0.25, -0.2) is 0 Å². The van der Waals surface area contributed by atoms with Gasteiger partial charge in [0.2, 0.25) is 0 Å². The van der Waals surface area contributed by atoms with Crippen molar-refractivity contribution in [1.29, 1.82) is 0 Å². The van der Waals surface area contributed by atoms with Crippen molar-refractivity contribution < 1.29 is 19.1 Å². The first-order chi connectivity index (χ1) is 9.61. The molecule has 1 heterocycles. The van der Waals surface area contributed by atoms with Crippen molar-refractivity contribution in [2.45, 2.75) is 31.8 Å². The summed E-state index contributed by atoms with van der Waals surface area (Å²) >= 11 is 0. The van der Waals surface area contributed by atoms with Gasteiger partial charge in [-0.3, -0.25) is 14.4 Å². The van der Waals surface area contributed by atoms with E-state index >= 15 is 0 Å². The summed E-state index contributed by atoms with van der Waals surface area (Å²) in [6.45, 7) is 0.378. The third-order valence-corrected chi connectivity index (χ3v) is 3.99. The SMILES string of the molecule is COc1cccc2c1CN(C1CCC(=O)CC1=O)C2=O. The smallest absolute Gasteiger partial charge is 0.255 e. The van der Waals surface area contributed by atoms with E-state index in [1.807, 2.05) is 6.07 Å². The first-order valence-corrected chi connectivity index (χ1v) is 6.63. The lowest BCUT2D eigenvalue weighted by Gasteiger charge is -2.29. The molecule has 1 atom stereocenters. The van der Waals surface area contributed by atoms with Crippen molar-refractivity contribution in [1.82, 2.24) is 4.90 Å². The molecule has 0 aromatic heterocycles. The Labute approximate surface area is 116 Å². The fourth-order valence-electron chi connectivity index (χ4n) is 2.96. The summed E-state index contributed by atoms with van der Waals surface area (Å²) in [4.78, 5) is 37.3. The Hall–Kier alpha value is -2.17. The molecule has 1 aromatic carbocycles. The second-order valence-corrected chi connectivity index (χ2v) is 5.16. The molecule has 1 unspecified atom stereocenters. The topological polar surface area (TPSA) is 63.7 Å². The normalized spacial score (nSPS) is 22.1. The summed E-state index contributed by atoms with van der Waals surface area (Å²) in [5.41, 5.74) is 1.42. The maximum absolute atomic E-state index is 12.4. The van der Waals surface area contributed by atoms with Crippen LogP contribution in [0.15, 0.2) is 18.2 Å². The van der Waals surface area contributed by atoms with Gasteiger partial charge in [0.05, 0.1) is 26.1 Å². The molecule has 1 saturated carbocycles. The molecule has 1 aliphatic heterocycles. The summed E-state index contributed by atoms with van der Waals surface area (Å²) in [5.74, 6) is 0.332. The Balaban J connectivity index is 1.90. The van der Waals surface area contributed by atoms with Crippen LogP contribution in [0.4, 0.5) is 0 Å². The van der Waals surface area contributed by atoms with E-state index in [0.717, 1.165) is 5.56 Å². The zero-order valence-electron chi connectivity index (χ0n) is 11.2. The maximum Gasteiger partial charge on any atom is 0.255 e. The maximum atomic E-state index is 12.4. The zero-order chi connectivity index (χ0) is 14.3. The number of hydrogen-bond donors (Lipinski definition) is 0. The van der Waals surface area contributed by atoms with E-state index in [1.165, 1.54) is 0 Å². The molecule has 3 rings (SSSR count). The van der Waals surface area contributed by atoms with E-state index < -0.39 is 6.04 Å². The Morgan fingerprint density at radius 2 is 2.05 bits per heavy atom. The molecule has 0 N–H and O–H groups in total. The molecule has 5 nitrogen and oxygen atoms in total. The summed E-state index contributed by atoms with van der Waals surface area (Å²) in [5, 5.41) is 0. The molecule has 1 aromatic rings. The lowest BCUT2D eigenvalue weighted by Crippen LogP contribution is -2.44. The predicted molar refractivity (Wildman–Crippen MR) is 70.5 cm³/mol. The highest BCUT2D eigenvalue weighted by atomic mass is 16.5. The molecular weight excluding hydrogens is 258 g/mol. The minimum atomic E-state index is -0.475. The van der Waals surface area contributed by atoms with Gasteiger partial charge in [0.15, 0.2) is 5.78 Å². The molecule has 20 heavy (non-hydrogen) atoms. The van der Waals surface area contributed by atoms with Crippen molar-refractivity contribution in [3.8, 4) is 5.75 Å². The molecule has 0 radical (unpaired) electrons. The first-order valence-electron chi connectivity index (χ1n) is 6.63. The van der Waals surface area contributed by atoms with Gasteiger partial charge in [0.25, 0.3) is 5.91 Å². The number of carbonyl (C=O) groups is 3. The molecule has 1 fully saturated rings. The molecule has 1 aliphatic carbocycles. The summed E-state index contributed by atoms with van der Waals surface area (Å²) < 4.78 is 5.27. The Kier molecular flexibility index (Phi) is 3.04. The van der Waals surface area contributed by atoms with E-state index in [4.69, 9.17) is 4.74 Å². The summed E-state index contributed by atoms with van der Waals surface area (Å²) in [7, 11) is 1.56. The van der Waals surface area contributed by atoms with E-state index in [1.54, 1.807) is 24.1 Å². The van der Waals surface area contributed by atoms with E-state index in [9.17, 15) is 14.4 Å². The molecule has 104 valence electrons. The number of ether oxygens (including phenoxy) is 1. The highest BCUT2D eigenvalue weighted by molar-refractivity contribution is 6.07. The zero-order valence-corrected chi connectivity index (χ0v) is 11.2. The van der Waals surface area contributed by atoms with Crippen LogP contribution in [0.2, 0.25) is 0 Å². The number of hydrogen-bond acceptors (Lipinski definition) is 4. The second kappa shape index (κ2) is 4.74. The van der Waals surface area contributed by atoms with Crippen LogP contribution >= 0.6 is 0 Å². The van der Waals surface area contributed by atoms with Gasteiger partial charge in [-0.1, -0.05) is 6.07 Å². The Bertz CT molecular complexity index is 608. The van der Waals surface area contributed by atoms with Gasteiger partial charge in [-0.15, -0.1) is 0 Å². The van der Waals surface area contributed by atoms with Gasteiger partial charge in [0.1, 0.15) is 11.5 Å². The van der Waals surface area contributed by atoms with Gasteiger partial charge in [-0.2, -0.15) is 0 Å². The molecular formula is C15H15NO4. The van der Waals surface area contributed by atoms with Crippen molar-refractivity contribution in [2.75, 3.05) is 7.11 Å². The van der Waals surface area contributed by atoms with Crippen LogP contribution in [0.3, 0.4) is 0 Å². The minimum absolute atomic E-state index is 0.0343. The van der Waals surface area contributed by atoms with Gasteiger partial charge < -0.3 is 9.64 Å². The van der Waals surface area contributed by atoms with Crippen LogP contribution in [0, 0.1) is 0 Å². The fourth-order valence-corrected chi connectivity index (χ4v) is 2.96. The number of Topliss-reactive ketones (excluding diaryl/α,β-unsaturated/α-hetero) is 2. The standard InChI is InChI=1S/C15H15NO4/c1-20-14-4-2-3-10-11(14)8-16(15(10)19)12-6-5-9(17)7-13(12)18/h2-4,12H,5-8H2,1H3. The Morgan fingerprint density at radius 3 is 2.75 bits per heavy atom. The number of ketones is 2. The van der Waals surface area contributed by atoms with Crippen LogP contribution in [-0.2, 0) is 16.1 Å². The Morgan fingerprint density at radius 1 is 1.25 bits per heavy atom. The van der Waals surface area contributed by atoms with Crippen LogP contribution in [0.25, 0.3) is 0 Å². The van der Waals surface area contributed by atoms with Crippen molar-refractivity contribution in [2.24, 2.45) is 0 Å². The predicted octanol–water partition coefficient (Wildman–Crippen LogP) is 1.34.